The van der Waals surface area contributed by atoms with Crippen molar-refractivity contribution in [2.45, 2.75) is 27.2 Å². The number of nitrogens with zero attached hydrogens (tertiary/aromatic N) is 3. The molecule has 4 heteroatoms. The number of pyridine rings is 1. The molecule has 0 aliphatic carbocycles. The molecule has 0 aliphatic rings. The maximum atomic E-state index is 4.29. The second-order valence-electron chi connectivity index (χ2n) is 4.64. The fourth-order valence-corrected chi connectivity index (χ4v) is 2.23. The van der Waals surface area contributed by atoms with Crippen LogP contribution in [0.2, 0.25) is 0 Å². The van der Waals surface area contributed by atoms with Gasteiger partial charge in [-0.15, -0.1) is 0 Å². The van der Waals surface area contributed by atoms with Gasteiger partial charge in [0, 0.05) is 20.1 Å². The Morgan fingerprint density at radius 1 is 1.05 bits per heavy atom. The van der Waals surface area contributed by atoms with Crippen molar-refractivity contribution in [3.05, 3.63) is 18.5 Å². The van der Waals surface area contributed by atoms with Crippen molar-refractivity contribution in [1.82, 2.24) is 9.88 Å². The molecule has 0 saturated carbocycles. The molecule has 0 atom stereocenters. The Bertz CT molecular complexity index is 350. The normalized spacial score (nSPS) is 10.8. The van der Waals surface area contributed by atoms with Crippen molar-refractivity contribution in [3.63, 3.8) is 0 Å². The Balaban J connectivity index is 2.52. The van der Waals surface area contributed by atoms with Crippen molar-refractivity contribution in [2.75, 3.05) is 50.0 Å². The van der Waals surface area contributed by atoms with Crippen molar-refractivity contribution in [3.8, 4) is 0 Å². The average molecular weight is 264 g/mol. The van der Waals surface area contributed by atoms with Gasteiger partial charge in [0.1, 0.15) is 0 Å². The Labute approximate surface area is 117 Å². The zero-order valence-corrected chi connectivity index (χ0v) is 12.8. The van der Waals surface area contributed by atoms with Gasteiger partial charge in [0.15, 0.2) is 0 Å². The number of aromatic nitrogens is 1. The van der Waals surface area contributed by atoms with Crippen molar-refractivity contribution in [2.24, 2.45) is 0 Å². The predicted molar refractivity (Wildman–Crippen MR) is 84.1 cm³/mol. The number of hydrogen-bond donors (Lipinski definition) is 1. The lowest BCUT2D eigenvalue weighted by Crippen LogP contribution is -2.30. The topological polar surface area (TPSA) is 31.4 Å². The quantitative estimate of drug-likeness (QED) is 0.743. The van der Waals surface area contributed by atoms with Crippen LogP contribution in [0.3, 0.4) is 0 Å². The fourth-order valence-electron chi connectivity index (χ4n) is 2.23. The summed E-state index contributed by atoms with van der Waals surface area (Å²) in [6.07, 6.45) is 4.99. The molecule has 0 saturated heterocycles. The monoisotopic (exact) mass is 264 g/mol. The van der Waals surface area contributed by atoms with Crippen molar-refractivity contribution in [1.29, 1.82) is 0 Å². The second kappa shape index (κ2) is 8.75. The molecule has 1 aromatic heterocycles. The molecule has 0 aromatic carbocycles. The Hall–Kier alpha value is -1.29. The zero-order chi connectivity index (χ0) is 14.1. The van der Waals surface area contributed by atoms with Gasteiger partial charge in [-0.25, -0.2) is 0 Å². The second-order valence-corrected chi connectivity index (χ2v) is 4.64. The largest absolute Gasteiger partial charge is 0.387 e. The van der Waals surface area contributed by atoms with E-state index in [9.17, 15) is 0 Å². The van der Waals surface area contributed by atoms with Crippen LogP contribution in [0.5, 0.6) is 0 Å². The van der Waals surface area contributed by atoms with Gasteiger partial charge in [-0.2, -0.15) is 0 Å². The van der Waals surface area contributed by atoms with E-state index in [1.54, 1.807) is 0 Å². The summed E-state index contributed by atoms with van der Waals surface area (Å²) in [5.74, 6) is 0. The Morgan fingerprint density at radius 3 is 2.37 bits per heavy atom. The molecule has 0 aliphatic heterocycles. The lowest BCUT2D eigenvalue weighted by Gasteiger charge is -2.25. The van der Waals surface area contributed by atoms with Crippen LogP contribution in [-0.2, 0) is 0 Å². The van der Waals surface area contributed by atoms with E-state index in [-0.39, 0.29) is 0 Å². The van der Waals surface area contributed by atoms with Gasteiger partial charge in [-0.05, 0) is 39.0 Å². The lowest BCUT2D eigenvalue weighted by molar-refractivity contribution is 0.301. The minimum atomic E-state index is 1.02. The summed E-state index contributed by atoms with van der Waals surface area (Å²) in [5, 5.41) is 3.14. The van der Waals surface area contributed by atoms with Gasteiger partial charge in [0.25, 0.3) is 0 Å². The van der Waals surface area contributed by atoms with Crippen LogP contribution in [0.25, 0.3) is 0 Å². The highest BCUT2D eigenvalue weighted by atomic mass is 15.1. The molecule has 0 amide bonds. The molecular weight excluding hydrogens is 236 g/mol. The molecule has 0 fully saturated rings. The molecule has 1 aromatic rings. The van der Waals surface area contributed by atoms with Gasteiger partial charge in [0.05, 0.1) is 23.8 Å². The summed E-state index contributed by atoms with van der Waals surface area (Å²) in [6, 6.07) is 2.16. The molecule has 0 unspecified atom stereocenters. The summed E-state index contributed by atoms with van der Waals surface area (Å²) in [6.45, 7) is 12.2. The summed E-state index contributed by atoms with van der Waals surface area (Å²) >= 11 is 0. The van der Waals surface area contributed by atoms with E-state index in [0.717, 1.165) is 31.9 Å². The molecule has 0 bridgehead atoms. The molecule has 19 heavy (non-hydrogen) atoms. The molecule has 108 valence electrons. The van der Waals surface area contributed by atoms with E-state index in [0.29, 0.717) is 0 Å². The third-order valence-corrected chi connectivity index (χ3v) is 3.56. The maximum Gasteiger partial charge on any atom is 0.0573 e. The summed E-state index contributed by atoms with van der Waals surface area (Å²) in [4.78, 5) is 9.14. The zero-order valence-electron chi connectivity index (χ0n) is 12.8. The first-order chi connectivity index (χ1) is 9.24. The highest BCUT2D eigenvalue weighted by Crippen LogP contribution is 2.17. The third kappa shape index (κ3) is 5.07. The molecule has 0 spiro atoms. The first-order valence-corrected chi connectivity index (χ1v) is 7.35. The van der Waals surface area contributed by atoms with Gasteiger partial charge < -0.3 is 15.1 Å². The van der Waals surface area contributed by atoms with Crippen LogP contribution >= 0.6 is 0 Å². The van der Waals surface area contributed by atoms with Crippen LogP contribution in [-0.4, -0.2) is 49.7 Å². The number of hydrogen-bond acceptors (Lipinski definition) is 4. The summed E-state index contributed by atoms with van der Waals surface area (Å²) in [5.41, 5.74) is 2.27. The minimum Gasteiger partial charge on any atom is -0.387 e. The van der Waals surface area contributed by atoms with E-state index in [4.69, 9.17) is 0 Å². The standard InChI is InChI=1S/C15H28N4/c1-5-18(6-2)9-8-10-19(7-3)15-11-14(16-4)12-17-13-15/h11-13,16H,5-10H2,1-4H3. The maximum absolute atomic E-state index is 4.29. The van der Waals surface area contributed by atoms with Gasteiger partial charge >= 0.3 is 0 Å². The molecular formula is C15H28N4. The average Bonchev–Trinajstić information content (AvgIpc) is 2.47. The number of anilines is 2. The number of nitrogens with one attached hydrogen (secondary N) is 1. The summed E-state index contributed by atoms with van der Waals surface area (Å²) < 4.78 is 0. The minimum absolute atomic E-state index is 1.02. The highest BCUT2D eigenvalue weighted by molar-refractivity contribution is 5.55. The number of rotatable bonds is 9. The van der Waals surface area contributed by atoms with E-state index >= 15 is 0 Å². The van der Waals surface area contributed by atoms with Crippen LogP contribution in [0.1, 0.15) is 27.2 Å². The fraction of sp³-hybridized carbons (Fsp3) is 0.667. The molecule has 4 nitrogen and oxygen atoms in total. The molecule has 1 N–H and O–H groups in total. The van der Waals surface area contributed by atoms with E-state index in [1.165, 1.54) is 18.7 Å². The molecule has 0 radical (unpaired) electrons. The smallest absolute Gasteiger partial charge is 0.0573 e. The lowest BCUT2D eigenvalue weighted by atomic mass is 10.3. The Kier molecular flexibility index (Phi) is 7.26. The predicted octanol–water partition coefficient (Wildman–Crippen LogP) is 2.68. The van der Waals surface area contributed by atoms with Crippen LogP contribution in [0, 0.1) is 0 Å². The third-order valence-electron chi connectivity index (χ3n) is 3.56. The van der Waals surface area contributed by atoms with Crippen molar-refractivity contribution >= 4 is 11.4 Å². The van der Waals surface area contributed by atoms with E-state index in [2.05, 4.69) is 46.9 Å². The van der Waals surface area contributed by atoms with Crippen LogP contribution in [0.4, 0.5) is 11.4 Å². The highest BCUT2D eigenvalue weighted by Gasteiger charge is 2.06. The Morgan fingerprint density at radius 2 is 1.79 bits per heavy atom. The SMILES string of the molecule is CCN(CC)CCCN(CC)c1cncc(NC)c1. The van der Waals surface area contributed by atoms with Crippen molar-refractivity contribution < 1.29 is 0 Å². The first-order valence-electron chi connectivity index (χ1n) is 7.35. The molecule has 1 heterocycles. The summed E-state index contributed by atoms with van der Waals surface area (Å²) in [7, 11) is 1.93. The van der Waals surface area contributed by atoms with Gasteiger partial charge in [0.2, 0.25) is 0 Å². The van der Waals surface area contributed by atoms with E-state index in [1.807, 2.05) is 19.4 Å². The molecule has 1 rings (SSSR count). The first kappa shape index (κ1) is 15.8. The van der Waals surface area contributed by atoms with Crippen LogP contribution < -0.4 is 10.2 Å². The van der Waals surface area contributed by atoms with E-state index < -0.39 is 0 Å². The van der Waals surface area contributed by atoms with Gasteiger partial charge in [-0.3, -0.25) is 4.98 Å². The van der Waals surface area contributed by atoms with Gasteiger partial charge in [-0.1, -0.05) is 13.8 Å². The van der Waals surface area contributed by atoms with Crippen LogP contribution in [0.15, 0.2) is 18.5 Å².